The number of Topliss-reactive ketones (excluding diaryl/α,β-unsaturated/α-hetero) is 1. The summed E-state index contributed by atoms with van der Waals surface area (Å²) in [6.45, 7) is 4.27. The van der Waals surface area contributed by atoms with Gasteiger partial charge in [-0.05, 0) is 61.2 Å². The van der Waals surface area contributed by atoms with Crippen molar-refractivity contribution in [2.45, 2.75) is 44.8 Å². The number of ketones is 1. The molecule has 2 aromatic carbocycles. The van der Waals surface area contributed by atoms with Gasteiger partial charge in [0, 0.05) is 43.1 Å². The number of nitrogens with one attached hydrogen (secondary N) is 1. The van der Waals surface area contributed by atoms with Crippen LogP contribution in [0.15, 0.2) is 48.5 Å². The minimum atomic E-state index is -0.772. The predicted molar refractivity (Wildman–Crippen MR) is 142 cm³/mol. The first-order valence-electron chi connectivity index (χ1n) is 12.6. The lowest BCUT2D eigenvalue weighted by Crippen LogP contribution is -2.53. The second-order valence-corrected chi connectivity index (χ2v) is 10.5. The fourth-order valence-electron chi connectivity index (χ4n) is 5.22. The van der Waals surface area contributed by atoms with Gasteiger partial charge >= 0.3 is 0 Å². The van der Waals surface area contributed by atoms with Gasteiger partial charge in [0.15, 0.2) is 5.78 Å². The summed E-state index contributed by atoms with van der Waals surface area (Å²) in [4.78, 5) is 58.0. The lowest BCUT2D eigenvalue weighted by Gasteiger charge is -2.29. The van der Waals surface area contributed by atoms with E-state index in [9.17, 15) is 19.2 Å². The van der Waals surface area contributed by atoms with Gasteiger partial charge in [0.25, 0.3) is 11.8 Å². The number of rotatable bonds is 7. The third-order valence-electron chi connectivity index (χ3n) is 7.06. The number of fused-ring (bicyclic) bond motifs is 1. The fourth-order valence-corrected chi connectivity index (χ4v) is 5.22. The molecule has 196 valence electrons. The molecule has 3 N–H and O–H groups in total. The maximum absolute atomic E-state index is 13.7. The van der Waals surface area contributed by atoms with Gasteiger partial charge in [0.1, 0.15) is 12.1 Å². The molecule has 2 aliphatic heterocycles. The van der Waals surface area contributed by atoms with Crippen LogP contribution in [-0.4, -0.2) is 78.6 Å². The summed E-state index contributed by atoms with van der Waals surface area (Å²) in [7, 11) is 3.84. The number of nitrogen functional groups attached to an aromatic ring is 1. The average molecular weight is 506 g/mol. The van der Waals surface area contributed by atoms with Crippen molar-refractivity contribution in [2.75, 3.05) is 37.8 Å². The zero-order valence-corrected chi connectivity index (χ0v) is 21.8. The number of amides is 3. The van der Waals surface area contributed by atoms with Crippen LogP contribution in [0.25, 0.3) is 0 Å². The monoisotopic (exact) mass is 505 g/mol. The van der Waals surface area contributed by atoms with Crippen LogP contribution in [0.2, 0.25) is 0 Å². The molecule has 0 spiro atoms. The van der Waals surface area contributed by atoms with Gasteiger partial charge in [-0.25, -0.2) is 0 Å². The Morgan fingerprint density at radius 1 is 1.05 bits per heavy atom. The van der Waals surface area contributed by atoms with Crippen LogP contribution in [0.4, 0.5) is 11.4 Å². The lowest BCUT2D eigenvalue weighted by molar-refractivity contribution is -0.138. The third-order valence-corrected chi connectivity index (χ3v) is 7.06. The van der Waals surface area contributed by atoms with E-state index in [0.29, 0.717) is 36.2 Å². The van der Waals surface area contributed by atoms with Crippen molar-refractivity contribution in [3.8, 4) is 0 Å². The van der Waals surface area contributed by atoms with Crippen molar-refractivity contribution in [2.24, 2.45) is 5.92 Å². The third kappa shape index (κ3) is 5.45. The number of hydrogen-bond donors (Lipinski definition) is 2. The summed E-state index contributed by atoms with van der Waals surface area (Å²) in [5.41, 5.74) is 8.16. The van der Waals surface area contributed by atoms with Crippen LogP contribution in [0.3, 0.4) is 0 Å². The molecule has 0 saturated carbocycles. The highest BCUT2D eigenvalue weighted by Gasteiger charge is 2.52. The summed E-state index contributed by atoms with van der Waals surface area (Å²) in [6, 6.07) is 12.0. The number of carbonyl (C=O) groups is 4. The van der Waals surface area contributed by atoms with Gasteiger partial charge in [0.2, 0.25) is 5.91 Å². The molecule has 37 heavy (non-hydrogen) atoms. The number of carbonyl (C=O) groups excluding carboxylic acids is 4. The second-order valence-electron chi connectivity index (χ2n) is 10.5. The highest BCUT2D eigenvalue weighted by Crippen LogP contribution is 2.32. The molecular formula is C28H35N5O4. The second kappa shape index (κ2) is 10.6. The molecule has 2 saturated heterocycles. The highest BCUT2D eigenvalue weighted by atomic mass is 16.2. The Bertz CT molecular complexity index is 1190. The van der Waals surface area contributed by atoms with Crippen LogP contribution in [-0.2, 0) is 9.59 Å². The summed E-state index contributed by atoms with van der Waals surface area (Å²) < 4.78 is 0. The molecule has 0 aliphatic carbocycles. The van der Waals surface area contributed by atoms with E-state index in [4.69, 9.17) is 5.73 Å². The highest BCUT2D eigenvalue weighted by molar-refractivity contribution is 6.03. The van der Waals surface area contributed by atoms with Crippen molar-refractivity contribution >= 4 is 34.9 Å². The Morgan fingerprint density at radius 2 is 1.76 bits per heavy atom. The van der Waals surface area contributed by atoms with E-state index < -0.39 is 12.1 Å². The zero-order chi connectivity index (χ0) is 26.9. The van der Waals surface area contributed by atoms with Gasteiger partial charge in [-0.3, -0.25) is 19.2 Å². The molecule has 3 atom stereocenters. The van der Waals surface area contributed by atoms with E-state index in [-0.39, 0.29) is 42.0 Å². The molecule has 3 amide bonds. The summed E-state index contributed by atoms with van der Waals surface area (Å²) >= 11 is 0. The maximum Gasteiger partial charge on any atom is 0.254 e. The molecule has 9 heteroatoms. The molecule has 0 unspecified atom stereocenters. The van der Waals surface area contributed by atoms with Crippen LogP contribution in [0, 0.1) is 5.92 Å². The summed E-state index contributed by atoms with van der Waals surface area (Å²) in [5.74, 6) is -0.912. The molecular weight excluding hydrogens is 470 g/mol. The van der Waals surface area contributed by atoms with Crippen molar-refractivity contribution in [1.29, 1.82) is 0 Å². The Labute approximate surface area is 217 Å². The molecule has 2 heterocycles. The van der Waals surface area contributed by atoms with Gasteiger partial charge in [-0.1, -0.05) is 19.9 Å². The van der Waals surface area contributed by atoms with Crippen molar-refractivity contribution in [1.82, 2.24) is 15.1 Å². The Morgan fingerprint density at radius 3 is 2.38 bits per heavy atom. The smallest absolute Gasteiger partial charge is 0.254 e. The minimum absolute atomic E-state index is 0.0494. The minimum Gasteiger partial charge on any atom is -0.399 e. The largest absolute Gasteiger partial charge is 0.399 e. The number of nitrogens with two attached hydrogens (primary N) is 1. The molecule has 0 bridgehead atoms. The van der Waals surface area contributed by atoms with Crippen molar-refractivity contribution < 1.29 is 19.2 Å². The number of nitrogens with zero attached hydrogens (tertiary/aromatic N) is 3. The van der Waals surface area contributed by atoms with E-state index >= 15 is 0 Å². The first kappa shape index (κ1) is 26.2. The van der Waals surface area contributed by atoms with E-state index in [1.165, 1.54) is 0 Å². The maximum atomic E-state index is 13.7. The molecule has 2 aliphatic rings. The van der Waals surface area contributed by atoms with Crippen LogP contribution in [0.1, 0.15) is 47.4 Å². The van der Waals surface area contributed by atoms with Crippen LogP contribution < -0.4 is 16.0 Å². The SMILES string of the molecule is CC(C)C[C@H](NC(=O)c1ccc(N(C)C)cc1)C(=O)N1CC[C@@H]2[C@H]1C(=O)CN2C(=O)c1cccc(N)c1. The molecule has 9 nitrogen and oxygen atoms in total. The van der Waals surface area contributed by atoms with Gasteiger partial charge in [0.05, 0.1) is 12.6 Å². The van der Waals surface area contributed by atoms with Crippen molar-refractivity contribution in [3.05, 3.63) is 59.7 Å². The quantitative estimate of drug-likeness (QED) is 0.557. The number of likely N-dealkylation sites (tertiary alicyclic amines) is 2. The van der Waals surface area contributed by atoms with Gasteiger partial charge < -0.3 is 25.8 Å². The fraction of sp³-hybridized carbons (Fsp3) is 0.429. The zero-order valence-electron chi connectivity index (χ0n) is 21.8. The Balaban J connectivity index is 1.50. The number of hydrogen-bond acceptors (Lipinski definition) is 6. The number of anilines is 2. The number of benzene rings is 2. The van der Waals surface area contributed by atoms with Crippen molar-refractivity contribution in [3.63, 3.8) is 0 Å². The molecule has 0 aromatic heterocycles. The van der Waals surface area contributed by atoms with Crippen LogP contribution >= 0.6 is 0 Å². The molecule has 2 aromatic rings. The Hall–Kier alpha value is -3.88. The van der Waals surface area contributed by atoms with Gasteiger partial charge in [-0.2, -0.15) is 0 Å². The standard InChI is InChI=1S/C28H35N5O4/c1-17(2)14-22(30-26(35)18-8-10-21(11-9-18)31(3)4)28(37)32-13-12-23-25(32)24(34)16-33(23)27(36)19-6-5-7-20(29)15-19/h5-11,15,17,22-23,25H,12-14,16,29H2,1-4H3,(H,30,35)/t22-,23+,25-/m0/s1. The first-order chi connectivity index (χ1) is 17.6. The molecule has 0 radical (unpaired) electrons. The topological polar surface area (TPSA) is 116 Å². The average Bonchev–Trinajstić information content (AvgIpc) is 3.43. The molecule has 4 rings (SSSR count). The molecule has 2 fully saturated rings. The lowest BCUT2D eigenvalue weighted by atomic mass is 10.0. The van der Waals surface area contributed by atoms with E-state index in [1.54, 1.807) is 46.2 Å². The normalized spacial score (nSPS) is 19.6. The van der Waals surface area contributed by atoms with E-state index in [1.807, 2.05) is 45.0 Å². The predicted octanol–water partition coefficient (Wildman–Crippen LogP) is 2.17. The summed E-state index contributed by atoms with van der Waals surface area (Å²) in [5, 5.41) is 2.90. The van der Waals surface area contributed by atoms with E-state index in [2.05, 4.69) is 5.32 Å². The van der Waals surface area contributed by atoms with Gasteiger partial charge in [-0.15, -0.1) is 0 Å². The summed E-state index contributed by atoms with van der Waals surface area (Å²) in [6.07, 6.45) is 0.943. The van der Waals surface area contributed by atoms with E-state index in [0.717, 1.165) is 5.69 Å². The Kier molecular flexibility index (Phi) is 7.52. The first-order valence-corrected chi connectivity index (χ1v) is 12.6. The van der Waals surface area contributed by atoms with Crippen LogP contribution in [0.5, 0.6) is 0 Å².